The Morgan fingerprint density at radius 1 is 1.02 bits per heavy atom. The number of ether oxygens (including phenoxy) is 1. The van der Waals surface area contributed by atoms with Gasteiger partial charge < -0.3 is 29.9 Å². The summed E-state index contributed by atoms with van der Waals surface area (Å²) in [6.45, 7) is 7.57. The molecule has 3 fully saturated rings. The van der Waals surface area contributed by atoms with Crippen molar-refractivity contribution in [3.8, 4) is 22.9 Å². The molecule has 0 spiro atoms. The second kappa shape index (κ2) is 13.2. The highest BCUT2D eigenvalue weighted by Gasteiger charge is 2.47. The van der Waals surface area contributed by atoms with Crippen LogP contribution in [0.2, 0.25) is 0 Å². The summed E-state index contributed by atoms with van der Waals surface area (Å²) >= 11 is 0. The second-order valence-electron chi connectivity index (χ2n) is 14.9. The highest BCUT2D eigenvalue weighted by atomic mass is 19.1. The molecule has 278 valence electrons. The number of carbonyl (C=O) groups excluding carboxylic acids is 3. The number of amides is 3. The Hall–Kier alpha value is -5.90. The van der Waals surface area contributed by atoms with Crippen LogP contribution in [0, 0.1) is 5.82 Å². The number of piperidine rings is 1. The molecule has 2 aromatic heterocycles. The normalized spacial score (nSPS) is 23.8. The minimum Gasteiger partial charge on any atom is -0.504 e. The smallest absolute Gasteiger partial charge is 0.255 e. The molecule has 5 aliphatic rings. The first kappa shape index (κ1) is 33.9. The Morgan fingerprint density at radius 3 is 2.67 bits per heavy atom. The van der Waals surface area contributed by atoms with E-state index in [2.05, 4.69) is 52.4 Å². The van der Waals surface area contributed by atoms with Gasteiger partial charge in [-0.05, 0) is 49.2 Å². The molecule has 16 heteroatoms. The Morgan fingerprint density at radius 2 is 1.87 bits per heavy atom. The molecule has 3 atom stereocenters. The number of halogens is 1. The summed E-state index contributed by atoms with van der Waals surface area (Å²) in [5.74, 6) is -0.965. The summed E-state index contributed by atoms with van der Waals surface area (Å²) in [5.41, 5.74) is 4.52. The average molecular weight is 735 g/mol. The number of nitrogens with one attached hydrogen (secondary N) is 2. The number of fused-ring (bicyclic) bond motifs is 4. The Labute approximate surface area is 310 Å². The van der Waals surface area contributed by atoms with Crippen molar-refractivity contribution in [3.05, 3.63) is 77.5 Å². The van der Waals surface area contributed by atoms with E-state index in [1.165, 1.54) is 12.1 Å². The number of phenolic OH excluding ortho intramolecular Hbond substituents is 1. The maximum absolute atomic E-state index is 14.1. The van der Waals surface area contributed by atoms with Crippen LogP contribution in [0.1, 0.15) is 47.8 Å². The van der Waals surface area contributed by atoms with Crippen LogP contribution in [0.25, 0.3) is 11.3 Å². The second-order valence-corrected chi connectivity index (χ2v) is 14.9. The molecular formula is C38H39FN10O5. The SMILES string of the molecule is C[C@]12CNc3nnc(-c4cccc(F)c4O)cc3N1C[C@H](Oc1cnc(CN3CCN(c4ccc5c(c4)C(=O)N([C@H]4CCC(=O)NC4=O)C5)CC3)cn1)C2. The number of nitrogens with zero attached hydrogens (tertiary/aromatic N) is 8. The van der Waals surface area contributed by atoms with E-state index >= 15 is 0 Å². The number of para-hydroxylation sites is 1. The molecule has 3 amide bonds. The van der Waals surface area contributed by atoms with E-state index in [1.54, 1.807) is 23.4 Å². The molecule has 54 heavy (non-hydrogen) atoms. The number of benzene rings is 2. The van der Waals surface area contributed by atoms with E-state index in [0.717, 1.165) is 55.2 Å². The van der Waals surface area contributed by atoms with Crippen LogP contribution < -0.4 is 25.2 Å². The van der Waals surface area contributed by atoms with Gasteiger partial charge in [0, 0.05) is 75.5 Å². The number of aromatic nitrogens is 4. The van der Waals surface area contributed by atoms with Gasteiger partial charge in [0.25, 0.3) is 5.91 Å². The summed E-state index contributed by atoms with van der Waals surface area (Å²) in [6, 6.07) is 11.5. The number of imide groups is 1. The largest absolute Gasteiger partial charge is 0.504 e. The molecule has 4 aromatic rings. The molecule has 9 rings (SSSR count). The van der Waals surface area contributed by atoms with E-state index in [-0.39, 0.29) is 35.4 Å². The average Bonchev–Trinajstić information content (AvgIpc) is 3.69. The quantitative estimate of drug-likeness (QED) is 0.237. The van der Waals surface area contributed by atoms with Crippen LogP contribution in [0.4, 0.5) is 21.6 Å². The van der Waals surface area contributed by atoms with Crippen molar-refractivity contribution in [2.24, 2.45) is 0 Å². The van der Waals surface area contributed by atoms with Gasteiger partial charge in [-0.2, -0.15) is 0 Å². The molecule has 3 N–H and O–H groups in total. The van der Waals surface area contributed by atoms with Gasteiger partial charge in [0.2, 0.25) is 17.7 Å². The molecule has 3 saturated heterocycles. The number of hydrogen-bond donors (Lipinski definition) is 3. The lowest BCUT2D eigenvalue weighted by Gasteiger charge is -2.41. The van der Waals surface area contributed by atoms with Crippen LogP contribution in [0.5, 0.6) is 11.6 Å². The molecule has 5 aliphatic heterocycles. The molecule has 2 aromatic carbocycles. The highest BCUT2D eigenvalue weighted by Crippen LogP contribution is 2.44. The summed E-state index contributed by atoms with van der Waals surface area (Å²) in [6.07, 6.45) is 4.58. The predicted octanol–water partition coefficient (Wildman–Crippen LogP) is 2.70. The molecular weight excluding hydrogens is 695 g/mol. The first-order valence-corrected chi connectivity index (χ1v) is 18.2. The van der Waals surface area contributed by atoms with Crippen molar-refractivity contribution < 1.29 is 28.6 Å². The lowest BCUT2D eigenvalue weighted by Crippen LogP contribution is -2.52. The van der Waals surface area contributed by atoms with E-state index in [4.69, 9.17) is 4.74 Å². The molecule has 0 radical (unpaired) electrons. The van der Waals surface area contributed by atoms with Crippen LogP contribution in [-0.4, -0.2) is 110 Å². The van der Waals surface area contributed by atoms with Crippen molar-refractivity contribution >= 4 is 34.9 Å². The molecule has 0 bridgehead atoms. The molecule has 0 saturated carbocycles. The minimum atomic E-state index is -0.714. The molecule has 0 aliphatic carbocycles. The fourth-order valence-corrected chi connectivity index (χ4v) is 8.36. The van der Waals surface area contributed by atoms with Crippen LogP contribution >= 0.6 is 0 Å². The first-order valence-electron chi connectivity index (χ1n) is 18.2. The van der Waals surface area contributed by atoms with Crippen LogP contribution in [0.15, 0.2) is 54.9 Å². The molecule has 0 unspecified atom stereocenters. The van der Waals surface area contributed by atoms with Crippen molar-refractivity contribution in [3.63, 3.8) is 0 Å². The zero-order valence-corrected chi connectivity index (χ0v) is 29.7. The van der Waals surface area contributed by atoms with Gasteiger partial charge in [-0.3, -0.25) is 29.6 Å². The minimum absolute atomic E-state index is 0.162. The summed E-state index contributed by atoms with van der Waals surface area (Å²) < 4.78 is 20.4. The summed E-state index contributed by atoms with van der Waals surface area (Å²) in [7, 11) is 0. The first-order chi connectivity index (χ1) is 26.1. The summed E-state index contributed by atoms with van der Waals surface area (Å²) in [4.78, 5) is 55.0. The number of aromatic hydroxyl groups is 1. The van der Waals surface area contributed by atoms with E-state index in [1.807, 2.05) is 24.3 Å². The maximum Gasteiger partial charge on any atom is 0.255 e. The van der Waals surface area contributed by atoms with E-state index in [0.29, 0.717) is 55.6 Å². The predicted molar refractivity (Wildman–Crippen MR) is 194 cm³/mol. The molecule has 15 nitrogen and oxygen atoms in total. The Bertz CT molecular complexity index is 2160. The Kier molecular flexibility index (Phi) is 8.28. The third-order valence-electron chi connectivity index (χ3n) is 11.3. The van der Waals surface area contributed by atoms with Gasteiger partial charge in [-0.1, -0.05) is 12.1 Å². The van der Waals surface area contributed by atoms with Gasteiger partial charge in [-0.15, -0.1) is 10.2 Å². The van der Waals surface area contributed by atoms with Gasteiger partial charge in [0.15, 0.2) is 17.4 Å². The number of rotatable bonds is 7. The number of hydrogen-bond acceptors (Lipinski definition) is 13. The standard InChI is InChI=1S/C38H39FN10O5/c1-38-15-25(20-49(38)31-14-29(44-45-35(31)42-21-38)26-3-2-4-28(39)34(26)51)54-33-17-40-23(16-41-33)19-46-9-11-47(12-10-46)24-6-5-22-18-48(37(53)27(22)13-24)30-7-8-32(50)43-36(30)52/h2-6,13-14,16-17,25,30,51H,7-12,15,18-21H2,1H3,(H,42,45)(H,43,50,52)/t25-,30+,38+/m1/s1. The fraction of sp³-hybridized carbons (Fsp3) is 0.395. The highest BCUT2D eigenvalue weighted by molar-refractivity contribution is 6.05. The van der Waals surface area contributed by atoms with E-state index in [9.17, 15) is 23.9 Å². The summed E-state index contributed by atoms with van der Waals surface area (Å²) in [5, 5.41) is 24.6. The third-order valence-corrected chi connectivity index (χ3v) is 11.3. The Balaban J connectivity index is 0.792. The molecule has 7 heterocycles. The van der Waals surface area contributed by atoms with Crippen molar-refractivity contribution in [1.29, 1.82) is 0 Å². The number of carbonyl (C=O) groups is 3. The lowest BCUT2D eigenvalue weighted by atomic mass is 9.95. The number of piperazine rings is 1. The zero-order chi connectivity index (χ0) is 37.1. The van der Waals surface area contributed by atoms with Crippen LogP contribution in [-0.2, 0) is 22.7 Å². The monoisotopic (exact) mass is 734 g/mol. The fourth-order valence-electron chi connectivity index (χ4n) is 8.36. The van der Waals surface area contributed by atoms with Crippen molar-refractivity contribution in [2.75, 3.05) is 54.4 Å². The zero-order valence-electron chi connectivity index (χ0n) is 29.7. The third kappa shape index (κ3) is 6.09. The topological polar surface area (TPSA) is 169 Å². The maximum atomic E-state index is 14.1. The van der Waals surface area contributed by atoms with Crippen LogP contribution in [0.3, 0.4) is 0 Å². The lowest BCUT2D eigenvalue weighted by molar-refractivity contribution is -0.136. The van der Waals surface area contributed by atoms with Gasteiger partial charge >= 0.3 is 0 Å². The van der Waals surface area contributed by atoms with E-state index < -0.39 is 23.5 Å². The van der Waals surface area contributed by atoms with Gasteiger partial charge in [0.1, 0.15) is 12.1 Å². The number of phenols is 1. The van der Waals surface area contributed by atoms with Gasteiger partial charge in [-0.25, -0.2) is 9.37 Å². The van der Waals surface area contributed by atoms with Gasteiger partial charge in [0.05, 0.1) is 41.6 Å². The van der Waals surface area contributed by atoms with Crippen molar-refractivity contribution in [2.45, 2.75) is 57.0 Å². The van der Waals surface area contributed by atoms with Crippen molar-refractivity contribution in [1.82, 2.24) is 35.3 Å². The number of anilines is 3.